The number of hydrogen-bond donors (Lipinski definition) is 4. The standard InChI is InChI=1S/C31H35FN4O4/c1-2-5-29(38)35-27-14-12-23-18-25(32)13-15-28(23)36(30(27)39)20-21-8-10-22(11-9-21)26-7-4-3-6-24(26)19-34-31(40)33-16-17-37/h3-4,6-11,13,15,18,27,37H,2,5,12,14,16-17,19-20H2,1H3,(H,35,38)(H2,33,34,40)/t27-/m1/s1. The molecule has 1 atom stereocenters. The molecule has 0 radical (unpaired) electrons. The highest BCUT2D eigenvalue weighted by Gasteiger charge is 2.31. The highest BCUT2D eigenvalue weighted by Crippen LogP contribution is 2.30. The summed E-state index contributed by atoms with van der Waals surface area (Å²) < 4.78 is 14.1. The van der Waals surface area contributed by atoms with E-state index in [0.29, 0.717) is 37.9 Å². The van der Waals surface area contributed by atoms with E-state index in [1.165, 1.54) is 12.1 Å². The Kier molecular flexibility index (Phi) is 9.86. The molecule has 4 N–H and O–H groups in total. The zero-order chi connectivity index (χ0) is 28.5. The van der Waals surface area contributed by atoms with Gasteiger partial charge in [-0.1, -0.05) is 55.5 Å². The summed E-state index contributed by atoms with van der Waals surface area (Å²) in [4.78, 5) is 39.5. The van der Waals surface area contributed by atoms with Crippen LogP contribution in [0.2, 0.25) is 0 Å². The van der Waals surface area contributed by atoms with Crippen LogP contribution in [0.15, 0.2) is 66.7 Å². The van der Waals surface area contributed by atoms with Gasteiger partial charge in [-0.2, -0.15) is 0 Å². The molecular formula is C31H35FN4O4. The van der Waals surface area contributed by atoms with Crippen LogP contribution in [0.4, 0.5) is 14.9 Å². The maximum Gasteiger partial charge on any atom is 0.315 e. The number of aryl methyl sites for hydroxylation is 1. The highest BCUT2D eigenvalue weighted by molar-refractivity contribution is 6.00. The van der Waals surface area contributed by atoms with E-state index >= 15 is 0 Å². The Labute approximate surface area is 233 Å². The topological polar surface area (TPSA) is 111 Å². The van der Waals surface area contributed by atoms with Gasteiger partial charge in [-0.05, 0) is 65.3 Å². The number of benzene rings is 3. The fourth-order valence-corrected chi connectivity index (χ4v) is 4.87. The number of fused-ring (bicyclic) bond motifs is 1. The molecule has 4 rings (SSSR count). The number of aliphatic hydroxyl groups is 1. The molecule has 1 aliphatic rings. The number of amides is 4. The summed E-state index contributed by atoms with van der Waals surface area (Å²) in [5.74, 6) is -0.737. The first-order valence-electron chi connectivity index (χ1n) is 13.6. The first-order valence-corrected chi connectivity index (χ1v) is 13.6. The van der Waals surface area contributed by atoms with E-state index in [9.17, 15) is 18.8 Å². The summed E-state index contributed by atoms with van der Waals surface area (Å²) in [6.07, 6.45) is 1.92. The lowest BCUT2D eigenvalue weighted by molar-refractivity contribution is -0.127. The lowest BCUT2D eigenvalue weighted by atomic mass is 9.98. The first kappa shape index (κ1) is 28.8. The van der Waals surface area contributed by atoms with Crippen LogP contribution in [-0.4, -0.2) is 42.1 Å². The van der Waals surface area contributed by atoms with Gasteiger partial charge in [0.25, 0.3) is 0 Å². The van der Waals surface area contributed by atoms with Gasteiger partial charge in [0.15, 0.2) is 0 Å². The van der Waals surface area contributed by atoms with E-state index in [-0.39, 0.29) is 43.4 Å². The predicted molar refractivity (Wildman–Crippen MR) is 152 cm³/mol. The summed E-state index contributed by atoms with van der Waals surface area (Å²) in [6, 6.07) is 19.0. The van der Waals surface area contributed by atoms with Crippen molar-refractivity contribution in [1.29, 1.82) is 0 Å². The van der Waals surface area contributed by atoms with Gasteiger partial charge in [-0.15, -0.1) is 0 Å². The second kappa shape index (κ2) is 13.7. The largest absolute Gasteiger partial charge is 0.395 e. The molecule has 8 nitrogen and oxygen atoms in total. The summed E-state index contributed by atoms with van der Waals surface area (Å²) in [5.41, 5.74) is 5.11. The van der Waals surface area contributed by atoms with E-state index in [1.54, 1.807) is 11.0 Å². The van der Waals surface area contributed by atoms with Crippen LogP contribution in [0.1, 0.15) is 42.9 Å². The third-order valence-electron chi connectivity index (χ3n) is 6.87. The lowest BCUT2D eigenvalue weighted by Gasteiger charge is -2.26. The van der Waals surface area contributed by atoms with E-state index in [1.807, 2.05) is 55.5 Å². The normalized spacial score (nSPS) is 14.7. The quantitative estimate of drug-likeness (QED) is 0.308. The second-order valence-electron chi connectivity index (χ2n) is 9.79. The fraction of sp³-hybridized carbons (Fsp3) is 0.323. The molecule has 9 heteroatoms. The molecule has 0 bridgehead atoms. The Balaban J connectivity index is 1.54. The molecule has 3 aromatic carbocycles. The van der Waals surface area contributed by atoms with Crippen LogP contribution < -0.4 is 20.9 Å². The van der Waals surface area contributed by atoms with Gasteiger partial charge in [0, 0.05) is 25.2 Å². The van der Waals surface area contributed by atoms with Gasteiger partial charge in [-0.3, -0.25) is 9.59 Å². The molecule has 1 heterocycles. The van der Waals surface area contributed by atoms with E-state index in [2.05, 4.69) is 16.0 Å². The van der Waals surface area contributed by atoms with Crippen molar-refractivity contribution in [2.45, 2.75) is 51.7 Å². The first-order chi connectivity index (χ1) is 19.4. The van der Waals surface area contributed by atoms with Crippen LogP contribution in [0.3, 0.4) is 0 Å². The number of rotatable bonds is 10. The summed E-state index contributed by atoms with van der Waals surface area (Å²) in [6.45, 7) is 2.55. The maximum absolute atomic E-state index is 14.1. The Bertz CT molecular complexity index is 1350. The Morgan fingerprint density at radius 3 is 2.58 bits per heavy atom. The molecule has 0 saturated carbocycles. The fourth-order valence-electron chi connectivity index (χ4n) is 4.87. The monoisotopic (exact) mass is 546 g/mol. The molecule has 0 saturated heterocycles. The Morgan fingerprint density at radius 1 is 1.05 bits per heavy atom. The maximum atomic E-state index is 14.1. The van der Waals surface area contributed by atoms with Crippen LogP contribution in [-0.2, 0) is 29.1 Å². The number of carbonyl (C=O) groups excluding carboxylic acids is 3. The van der Waals surface area contributed by atoms with Gasteiger partial charge >= 0.3 is 6.03 Å². The van der Waals surface area contributed by atoms with Crippen molar-refractivity contribution in [3.05, 3.63) is 89.2 Å². The molecule has 0 fully saturated rings. The van der Waals surface area contributed by atoms with Crippen LogP contribution in [0, 0.1) is 5.82 Å². The van der Waals surface area contributed by atoms with Crippen molar-refractivity contribution >= 4 is 23.5 Å². The average molecular weight is 547 g/mol. The van der Waals surface area contributed by atoms with Gasteiger partial charge in [0.05, 0.1) is 13.2 Å². The number of nitrogens with zero attached hydrogens (tertiary/aromatic N) is 1. The number of anilines is 1. The molecule has 4 amide bonds. The second-order valence-corrected chi connectivity index (χ2v) is 9.79. The summed E-state index contributed by atoms with van der Waals surface area (Å²) >= 11 is 0. The van der Waals surface area contributed by atoms with Crippen molar-refractivity contribution < 1.29 is 23.9 Å². The smallest absolute Gasteiger partial charge is 0.315 e. The number of hydrogen-bond acceptors (Lipinski definition) is 4. The molecule has 1 aliphatic heterocycles. The van der Waals surface area contributed by atoms with Crippen molar-refractivity contribution in [2.24, 2.45) is 0 Å². The number of carbonyl (C=O) groups is 3. The minimum Gasteiger partial charge on any atom is -0.395 e. The zero-order valence-corrected chi connectivity index (χ0v) is 22.6. The molecule has 210 valence electrons. The number of halogens is 1. The van der Waals surface area contributed by atoms with Crippen molar-refractivity contribution in [3.63, 3.8) is 0 Å². The SMILES string of the molecule is CCCC(=O)N[C@@H]1CCc2cc(F)ccc2N(Cc2ccc(-c3ccccc3CNC(=O)NCCO)cc2)C1=O. The summed E-state index contributed by atoms with van der Waals surface area (Å²) in [5, 5.41) is 17.1. The molecule has 40 heavy (non-hydrogen) atoms. The van der Waals surface area contributed by atoms with Crippen LogP contribution in [0.5, 0.6) is 0 Å². The van der Waals surface area contributed by atoms with Gasteiger partial charge in [0.1, 0.15) is 11.9 Å². The van der Waals surface area contributed by atoms with Crippen LogP contribution >= 0.6 is 0 Å². The number of nitrogens with one attached hydrogen (secondary N) is 3. The minimum atomic E-state index is -0.678. The Hall–Kier alpha value is -4.24. The zero-order valence-electron chi connectivity index (χ0n) is 22.6. The average Bonchev–Trinajstić information content (AvgIpc) is 3.07. The van der Waals surface area contributed by atoms with E-state index in [4.69, 9.17) is 5.11 Å². The van der Waals surface area contributed by atoms with E-state index in [0.717, 1.165) is 27.8 Å². The molecular weight excluding hydrogens is 511 g/mol. The lowest BCUT2D eigenvalue weighted by Crippen LogP contribution is -2.47. The van der Waals surface area contributed by atoms with Crippen molar-refractivity contribution in [2.75, 3.05) is 18.1 Å². The highest BCUT2D eigenvalue weighted by atomic mass is 19.1. The third kappa shape index (κ3) is 7.24. The molecule has 0 aliphatic carbocycles. The van der Waals surface area contributed by atoms with Gasteiger partial charge in [0.2, 0.25) is 11.8 Å². The van der Waals surface area contributed by atoms with Crippen LogP contribution in [0.25, 0.3) is 11.1 Å². The minimum absolute atomic E-state index is 0.129. The third-order valence-corrected chi connectivity index (χ3v) is 6.87. The van der Waals surface area contributed by atoms with Crippen molar-refractivity contribution in [1.82, 2.24) is 16.0 Å². The van der Waals surface area contributed by atoms with Crippen molar-refractivity contribution in [3.8, 4) is 11.1 Å². The Morgan fingerprint density at radius 2 is 1.82 bits per heavy atom. The number of urea groups is 1. The van der Waals surface area contributed by atoms with Gasteiger partial charge < -0.3 is 26.0 Å². The molecule has 0 aromatic heterocycles. The molecule has 3 aromatic rings. The van der Waals surface area contributed by atoms with Gasteiger partial charge in [-0.25, -0.2) is 9.18 Å². The summed E-state index contributed by atoms with van der Waals surface area (Å²) in [7, 11) is 0. The molecule has 0 spiro atoms. The number of aliphatic hydroxyl groups excluding tert-OH is 1. The molecule has 0 unspecified atom stereocenters. The predicted octanol–water partition coefficient (Wildman–Crippen LogP) is 4.05. The van der Waals surface area contributed by atoms with E-state index < -0.39 is 6.04 Å².